The largest absolute Gasteiger partial charge is 0.378 e. The molecule has 22 heavy (non-hydrogen) atoms. The molecule has 0 bridgehead atoms. The third kappa shape index (κ3) is 2.34. The number of morpholine rings is 2. The standard InChI is InChI=1S/C18H32N2O2/c1-13(2)19-11-17(5-6-17)22-10-16(19)15-9-18(15)12-21-8-7-20(18)14(3)4/h13-16H,5-12H2,1-4H3. The Morgan fingerprint density at radius 2 is 1.86 bits per heavy atom. The van der Waals surface area contributed by atoms with E-state index in [-0.39, 0.29) is 5.60 Å². The van der Waals surface area contributed by atoms with Crippen molar-refractivity contribution in [2.75, 3.05) is 32.9 Å². The van der Waals surface area contributed by atoms with Crippen molar-refractivity contribution in [1.82, 2.24) is 9.80 Å². The minimum Gasteiger partial charge on any atom is -0.378 e. The summed E-state index contributed by atoms with van der Waals surface area (Å²) in [6.07, 6.45) is 3.81. The SMILES string of the molecule is CC(C)N1CC2(CC2)OCC1C1CC12COCCN2C(C)C. The first-order valence-corrected chi connectivity index (χ1v) is 9.22. The van der Waals surface area contributed by atoms with Gasteiger partial charge in [0.15, 0.2) is 0 Å². The van der Waals surface area contributed by atoms with Gasteiger partial charge in [-0.1, -0.05) is 0 Å². The molecule has 0 radical (unpaired) electrons. The zero-order chi connectivity index (χ0) is 15.5. The van der Waals surface area contributed by atoms with Crippen molar-refractivity contribution in [2.45, 2.75) is 76.2 Å². The van der Waals surface area contributed by atoms with Crippen LogP contribution in [-0.2, 0) is 9.47 Å². The van der Waals surface area contributed by atoms with Gasteiger partial charge in [-0.3, -0.25) is 9.80 Å². The second kappa shape index (κ2) is 5.17. The molecule has 4 fully saturated rings. The minimum atomic E-state index is 0.226. The van der Waals surface area contributed by atoms with Gasteiger partial charge in [0, 0.05) is 36.8 Å². The van der Waals surface area contributed by atoms with Gasteiger partial charge in [-0.25, -0.2) is 0 Å². The zero-order valence-electron chi connectivity index (χ0n) is 14.7. The van der Waals surface area contributed by atoms with E-state index < -0.39 is 0 Å². The highest BCUT2D eigenvalue weighted by atomic mass is 16.5. The van der Waals surface area contributed by atoms with Gasteiger partial charge in [0.1, 0.15) is 0 Å². The Morgan fingerprint density at radius 1 is 1.09 bits per heavy atom. The summed E-state index contributed by atoms with van der Waals surface area (Å²) in [7, 11) is 0. The van der Waals surface area contributed by atoms with Crippen LogP contribution in [0.4, 0.5) is 0 Å². The van der Waals surface area contributed by atoms with E-state index in [9.17, 15) is 0 Å². The van der Waals surface area contributed by atoms with Crippen LogP contribution >= 0.6 is 0 Å². The average Bonchev–Trinajstić information content (AvgIpc) is 3.39. The Morgan fingerprint density at radius 3 is 2.50 bits per heavy atom. The van der Waals surface area contributed by atoms with Gasteiger partial charge in [0.2, 0.25) is 0 Å². The molecular weight excluding hydrogens is 276 g/mol. The van der Waals surface area contributed by atoms with E-state index in [2.05, 4.69) is 37.5 Å². The molecule has 0 aromatic rings. The number of hydrogen-bond donors (Lipinski definition) is 0. The van der Waals surface area contributed by atoms with Gasteiger partial charge in [-0.2, -0.15) is 0 Å². The Bertz CT molecular complexity index is 435. The van der Waals surface area contributed by atoms with Crippen molar-refractivity contribution in [2.24, 2.45) is 5.92 Å². The summed E-state index contributed by atoms with van der Waals surface area (Å²) < 4.78 is 12.2. The van der Waals surface area contributed by atoms with E-state index in [1.165, 1.54) is 19.3 Å². The highest BCUT2D eigenvalue weighted by Gasteiger charge is 2.65. The summed E-state index contributed by atoms with van der Waals surface area (Å²) in [5.74, 6) is 0.716. The number of hydrogen-bond acceptors (Lipinski definition) is 4. The van der Waals surface area contributed by atoms with E-state index in [1.807, 2.05) is 0 Å². The normalized spacial score (nSPS) is 41.7. The van der Waals surface area contributed by atoms with Crippen molar-refractivity contribution in [3.05, 3.63) is 0 Å². The molecule has 0 N–H and O–H groups in total. The molecule has 4 heteroatoms. The Kier molecular flexibility index (Phi) is 3.61. The molecule has 2 aliphatic carbocycles. The van der Waals surface area contributed by atoms with Crippen LogP contribution in [0, 0.1) is 5.92 Å². The van der Waals surface area contributed by atoms with Gasteiger partial charge < -0.3 is 9.47 Å². The van der Waals surface area contributed by atoms with Gasteiger partial charge in [0.05, 0.1) is 25.4 Å². The fourth-order valence-corrected chi connectivity index (χ4v) is 5.01. The quantitative estimate of drug-likeness (QED) is 0.797. The second-order valence-corrected chi connectivity index (χ2v) is 8.58. The first-order valence-electron chi connectivity index (χ1n) is 9.22. The average molecular weight is 308 g/mol. The van der Waals surface area contributed by atoms with Crippen LogP contribution in [0.3, 0.4) is 0 Å². The van der Waals surface area contributed by atoms with E-state index in [0.717, 1.165) is 32.9 Å². The van der Waals surface area contributed by atoms with Crippen molar-refractivity contribution in [3.63, 3.8) is 0 Å². The van der Waals surface area contributed by atoms with Crippen LogP contribution < -0.4 is 0 Å². The van der Waals surface area contributed by atoms with E-state index >= 15 is 0 Å². The summed E-state index contributed by atoms with van der Waals surface area (Å²) in [4.78, 5) is 5.45. The van der Waals surface area contributed by atoms with E-state index in [1.54, 1.807) is 0 Å². The van der Waals surface area contributed by atoms with Crippen LogP contribution in [-0.4, -0.2) is 72.0 Å². The van der Waals surface area contributed by atoms with Crippen molar-refractivity contribution in [3.8, 4) is 0 Å². The lowest BCUT2D eigenvalue weighted by Gasteiger charge is -2.46. The van der Waals surface area contributed by atoms with E-state index in [4.69, 9.17) is 9.47 Å². The first kappa shape index (κ1) is 15.4. The summed E-state index contributed by atoms with van der Waals surface area (Å²) in [6, 6.07) is 1.80. The fourth-order valence-electron chi connectivity index (χ4n) is 5.01. The second-order valence-electron chi connectivity index (χ2n) is 8.58. The van der Waals surface area contributed by atoms with Crippen LogP contribution in [0.1, 0.15) is 47.0 Å². The molecule has 3 atom stereocenters. The maximum absolute atomic E-state index is 6.30. The molecule has 0 amide bonds. The molecule has 126 valence electrons. The Balaban J connectivity index is 1.52. The van der Waals surface area contributed by atoms with E-state index in [0.29, 0.717) is 29.6 Å². The smallest absolute Gasteiger partial charge is 0.0812 e. The molecule has 2 heterocycles. The maximum Gasteiger partial charge on any atom is 0.0812 e. The molecule has 2 saturated heterocycles. The Labute approximate surface area is 135 Å². The predicted molar refractivity (Wildman–Crippen MR) is 87.0 cm³/mol. The highest BCUT2D eigenvalue weighted by Crippen LogP contribution is 2.56. The van der Waals surface area contributed by atoms with Crippen molar-refractivity contribution < 1.29 is 9.47 Å². The van der Waals surface area contributed by atoms with Crippen LogP contribution in [0.25, 0.3) is 0 Å². The summed E-state index contributed by atoms with van der Waals surface area (Å²) in [6.45, 7) is 14.3. The first-order chi connectivity index (χ1) is 10.5. The lowest BCUT2D eigenvalue weighted by molar-refractivity contribution is -0.109. The number of rotatable bonds is 3. The zero-order valence-corrected chi connectivity index (χ0v) is 14.7. The molecule has 4 rings (SSSR count). The van der Waals surface area contributed by atoms with Gasteiger partial charge >= 0.3 is 0 Å². The number of ether oxygens (including phenoxy) is 2. The molecule has 4 aliphatic rings. The topological polar surface area (TPSA) is 24.9 Å². The van der Waals surface area contributed by atoms with Gasteiger partial charge in [0.25, 0.3) is 0 Å². The maximum atomic E-state index is 6.30. The van der Waals surface area contributed by atoms with Gasteiger partial charge in [-0.05, 0) is 52.9 Å². The predicted octanol–water partition coefficient (Wildman–Crippen LogP) is 2.13. The third-order valence-corrected chi connectivity index (χ3v) is 6.52. The van der Waals surface area contributed by atoms with Crippen LogP contribution in [0.5, 0.6) is 0 Å². The van der Waals surface area contributed by atoms with Crippen LogP contribution in [0.15, 0.2) is 0 Å². The molecule has 0 aromatic carbocycles. The number of nitrogens with zero attached hydrogens (tertiary/aromatic N) is 2. The molecule has 0 aromatic heterocycles. The van der Waals surface area contributed by atoms with Gasteiger partial charge in [-0.15, -0.1) is 0 Å². The fraction of sp³-hybridized carbons (Fsp3) is 1.00. The third-order valence-electron chi connectivity index (χ3n) is 6.52. The molecule has 2 spiro atoms. The Hall–Kier alpha value is -0.160. The molecule has 2 saturated carbocycles. The van der Waals surface area contributed by atoms with Crippen molar-refractivity contribution >= 4 is 0 Å². The highest BCUT2D eigenvalue weighted by molar-refractivity contribution is 5.19. The van der Waals surface area contributed by atoms with Crippen LogP contribution in [0.2, 0.25) is 0 Å². The summed E-state index contributed by atoms with van der Waals surface area (Å²) >= 11 is 0. The minimum absolute atomic E-state index is 0.226. The lowest BCUT2D eigenvalue weighted by atomic mass is 9.99. The summed E-state index contributed by atoms with van der Waals surface area (Å²) in [5.41, 5.74) is 0.519. The monoisotopic (exact) mass is 308 g/mol. The molecule has 3 unspecified atom stereocenters. The summed E-state index contributed by atoms with van der Waals surface area (Å²) in [5, 5.41) is 0. The molecule has 4 nitrogen and oxygen atoms in total. The molecular formula is C18H32N2O2. The van der Waals surface area contributed by atoms with Crippen molar-refractivity contribution in [1.29, 1.82) is 0 Å². The lowest BCUT2D eigenvalue weighted by Crippen LogP contribution is -2.58. The molecule has 2 aliphatic heterocycles.